The van der Waals surface area contributed by atoms with Crippen LogP contribution < -0.4 is 20.3 Å². The summed E-state index contributed by atoms with van der Waals surface area (Å²) in [5.41, 5.74) is 3.04. The molecule has 0 amide bonds. The Morgan fingerprint density at radius 1 is 1.37 bits per heavy atom. The van der Waals surface area contributed by atoms with Gasteiger partial charge in [-0.25, -0.2) is 0 Å². The second-order valence-corrected chi connectivity index (χ2v) is 7.02. The van der Waals surface area contributed by atoms with Crippen molar-refractivity contribution in [3.8, 4) is 5.75 Å². The average molecular weight is 388 g/mol. The van der Waals surface area contributed by atoms with Crippen molar-refractivity contribution in [2.45, 2.75) is 25.9 Å². The van der Waals surface area contributed by atoms with Crippen LogP contribution in [0.3, 0.4) is 0 Å². The van der Waals surface area contributed by atoms with E-state index in [1.807, 2.05) is 43.3 Å². The first kappa shape index (κ1) is 19.3. The van der Waals surface area contributed by atoms with E-state index in [1.165, 1.54) is 0 Å². The van der Waals surface area contributed by atoms with Crippen molar-refractivity contribution in [3.63, 3.8) is 0 Å². The summed E-state index contributed by atoms with van der Waals surface area (Å²) >= 11 is 6.17. The number of halogens is 1. The predicted octanol–water partition coefficient (Wildman–Crippen LogP) is 3.00. The molecule has 1 aliphatic rings. The number of aromatic nitrogens is 1. The highest BCUT2D eigenvalue weighted by Crippen LogP contribution is 2.33. The lowest BCUT2D eigenvalue weighted by Gasteiger charge is -2.22. The number of pyridine rings is 1. The van der Waals surface area contributed by atoms with E-state index in [0.717, 1.165) is 48.3 Å². The molecule has 0 spiro atoms. The van der Waals surface area contributed by atoms with Gasteiger partial charge in [0.1, 0.15) is 5.75 Å². The Kier molecular flexibility index (Phi) is 6.40. The molecular formula is C20H26ClN5O. The molecule has 0 bridgehead atoms. The van der Waals surface area contributed by atoms with Crippen LogP contribution in [0, 0.1) is 6.92 Å². The molecule has 1 atom stereocenters. The maximum Gasteiger partial charge on any atom is 0.191 e. The second-order valence-electron chi connectivity index (χ2n) is 6.59. The van der Waals surface area contributed by atoms with E-state index in [0.29, 0.717) is 17.6 Å². The van der Waals surface area contributed by atoms with Crippen molar-refractivity contribution < 1.29 is 4.74 Å². The number of aliphatic imine (C=N–C) groups is 1. The summed E-state index contributed by atoms with van der Waals surface area (Å²) in [6, 6.07) is 12.0. The van der Waals surface area contributed by atoms with Gasteiger partial charge in [-0.3, -0.25) is 9.98 Å². The summed E-state index contributed by atoms with van der Waals surface area (Å²) in [6.07, 6.45) is 1.01. The molecule has 0 aliphatic carbocycles. The predicted molar refractivity (Wildman–Crippen MR) is 111 cm³/mol. The van der Waals surface area contributed by atoms with Gasteiger partial charge in [-0.1, -0.05) is 17.7 Å². The zero-order valence-electron chi connectivity index (χ0n) is 16.0. The Balaban J connectivity index is 1.57. The summed E-state index contributed by atoms with van der Waals surface area (Å²) in [5, 5.41) is 7.55. The molecule has 3 rings (SSSR count). The van der Waals surface area contributed by atoms with E-state index >= 15 is 0 Å². The van der Waals surface area contributed by atoms with Crippen LogP contribution in [0.4, 0.5) is 5.69 Å². The third-order valence-corrected chi connectivity index (χ3v) is 4.85. The van der Waals surface area contributed by atoms with Crippen LogP contribution in [-0.4, -0.2) is 44.2 Å². The van der Waals surface area contributed by atoms with Crippen molar-refractivity contribution in [3.05, 3.63) is 52.8 Å². The molecule has 2 aromatic rings. The zero-order valence-corrected chi connectivity index (χ0v) is 16.8. The molecule has 1 saturated heterocycles. The molecule has 0 radical (unpaired) electrons. The van der Waals surface area contributed by atoms with Gasteiger partial charge in [0.2, 0.25) is 0 Å². The lowest BCUT2D eigenvalue weighted by atomic mass is 10.2. The van der Waals surface area contributed by atoms with Crippen LogP contribution in [0.2, 0.25) is 5.02 Å². The summed E-state index contributed by atoms with van der Waals surface area (Å²) in [6.45, 7) is 4.43. The van der Waals surface area contributed by atoms with E-state index < -0.39 is 0 Å². The van der Waals surface area contributed by atoms with E-state index in [9.17, 15) is 0 Å². The number of methoxy groups -OCH3 is 1. The smallest absolute Gasteiger partial charge is 0.191 e. The Hall–Kier alpha value is -2.47. The fourth-order valence-corrected chi connectivity index (χ4v) is 3.43. The van der Waals surface area contributed by atoms with Crippen molar-refractivity contribution in [2.75, 3.05) is 32.1 Å². The van der Waals surface area contributed by atoms with Crippen LogP contribution >= 0.6 is 11.6 Å². The molecule has 144 valence electrons. The standard InChI is InChI=1S/C20H26ClN5O/c1-14-5-4-6-16(24-14)12-23-20(22-2)25-17-9-10-26(13-17)18-11-15(21)7-8-19(18)27-3/h4-8,11,17H,9-10,12-13H2,1-3H3,(H2,22,23,25). The van der Waals surface area contributed by atoms with Gasteiger partial charge in [0.05, 0.1) is 25.0 Å². The number of anilines is 1. The molecule has 2 heterocycles. The van der Waals surface area contributed by atoms with Crippen molar-refractivity contribution in [2.24, 2.45) is 4.99 Å². The topological polar surface area (TPSA) is 61.8 Å². The molecule has 27 heavy (non-hydrogen) atoms. The van der Waals surface area contributed by atoms with E-state index in [1.54, 1.807) is 14.2 Å². The minimum absolute atomic E-state index is 0.297. The summed E-state index contributed by atoms with van der Waals surface area (Å²) in [5.74, 6) is 1.62. The number of rotatable bonds is 5. The highest BCUT2D eigenvalue weighted by Gasteiger charge is 2.25. The highest BCUT2D eigenvalue weighted by atomic mass is 35.5. The van der Waals surface area contributed by atoms with Crippen molar-refractivity contribution >= 4 is 23.2 Å². The molecular weight excluding hydrogens is 362 g/mol. The maximum atomic E-state index is 6.17. The van der Waals surface area contributed by atoms with Crippen LogP contribution in [0.25, 0.3) is 0 Å². The molecule has 1 unspecified atom stereocenters. The number of guanidine groups is 1. The number of hydrogen-bond donors (Lipinski definition) is 2. The molecule has 6 nitrogen and oxygen atoms in total. The lowest BCUT2D eigenvalue weighted by molar-refractivity contribution is 0.415. The summed E-state index contributed by atoms with van der Waals surface area (Å²) in [7, 11) is 3.47. The molecule has 2 N–H and O–H groups in total. The number of nitrogens with zero attached hydrogens (tertiary/aromatic N) is 3. The molecule has 1 aromatic heterocycles. The van der Waals surface area contributed by atoms with Crippen LogP contribution in [0.5, 0.6) is 5.75 Å². The van der Waals surface area contributed by atoms with E-state index in [-0.39, 0.29) is 0 Å². The zero-order chi connectivity index (χ0) is 19.2. The van der Waals surface area contributed by atoms with Gasteiger partial charge in [0.25, 0.3) is 0 Å². The quantitative estimate of drug-likeness (QED) is 0.610. The molecule has 0 saturated carbocycles. The minimum Gasteiger partial charge on any atom is -0.495 e. The minimum atomic E-state index is 0.297. The van der Waals surface area contributed by atoms with Crippen molar-refractivity contribution in [1.29, 1.82) is 0 Å². The molecule has 1 aromatic carbocycles. The normalized spacial score (nSPS) is 17.1. The Bertz CT molecular complexity index is 811. The Labute approximate surface area is 165 Å². The summed E-state index contributed by atoms with van der Waals surface area (Å²) in [4.78, 5) is 11.1. The van der Waals surface area contributed by atoms with Crippen LogP contribution in [0.1, 0.15) is 17.8 Å². The number of ether oxygens (including phenoxy) is 1. The van der Waals surface area contributed by atoms with E-state index in [4.69, 9.17) is 16.3 Å². The first-order valence-corrected chi connectivity index (χ1v) is 9.45. The van der Waals surface area contributed by atoms with Gasteiger partial charge in [-0.15, -0.1) is 0 Å². The van der Waals surface area contributed by atoms with Crippen molar-refractivity contribution in [1.82, 2.24) is 15.6 Å². The van der Waals surface area contributed by atoms with Crippen LogP contribution in [-0.2, 0) is 6.54 Å². The molecule has 7 heteroatoms. The highest BCUT2D eigenvalue weighted by molar-refractivity contribution is 6.30. The van der Waals surface area contributed by atoms with E-state index in [2.05, 4.69) is 25.5 Å². The summed E-state index contributed by atoms with van der Waals surface area (Å²) < 4.78 is 5.48. The SMILES string of the molecule is CN=C(NCc1cccc(C)n1)NC1CCN(c2cc(Cl)ccc2OC)C1. The number of hydrogen-bond acceptors (Lipinski definition) is 4. The monoisotopic (exact) mass is 387 g/mol. The van der Waals surface area contributed by atoms with Crippen LogP contribution in [0.15, 0.2) is 41.4 Å². The fraction of sp³-hybridized carbons (Fsp3) is 0.400. The Morgan fingerprint density at radius 3 is 2.96 bits per heavy atom. The lowest BCUT2D eigenvalue weighted by Crippen LogP contribution is -2.44. The fourth-order valence-electron chi connectivity index (χ4n) is 3.27. The van der Waals surface area contributed by atoms with Gasteiger partial charge >= 0.3 is 0 Å². The first-order valence-electron chi connectivity index (χ1n) is 9.07. The van der Waals surface area contributed by atoms with Gasteiger partial charge in [-0.05, 0) is 43.7 Å². The van der Waals surface area contributed by atoms with Gasteiger partial charge in [0.15, 0.2) is 5.96 Å². The van der Waals surface area contributed by atoms with Gasteiger partial charge < -0.3 is 20.3 Å². The maximum absolute atomic E-state index is 6.17. The average Bonchev–Trinajstić information content (AvgIpc) is 3.13. The number of aryl methyl sites for hydroxylation is 1. The number of benzene rings is 1. The Morgan fingerprint density at radius 2 is 2.22 bits per heavy atom. The largest absolute Gasteiger partial charge is 0.495 e. The second kappa shape index (κ2) is 8.95. The first-order chi connectivity index (χ1) is 13.1. The third-order valence-electron chi connectivity index (χ3n) is 4.62. The molecule has 1 fully saturated rings. The number of nitrogens with one attached hydrogen (secondary N) is 2. The third kappa shape index (κ3) is 5.04. The van der Waals surface area contributed by atoms with Gasteiger partial charge in [-0.2, -0.15) is 0 Å². The van der Waals surface area contributed by atoms with Gasteiger partial charge in [0, 0.05) is 36.9 Å². The molecule has 1 aliphatic heterocycles.